The van der Waals surface area contributed by atoms with Crippen LogP contribution < -0.4 is 5.73 Å². The lowest BCUT2D eigenvalue weighted by Crippen LogP contribution is -1.96. The largest absolute Gasteiger partial charge is 0.382 e. The molecule has 0 aliphatic heterocycles. The summed E-state index contributed by atoms with van der Waals surface area (Å²) in [5, 5.41) is 5.28. The standard InChI is InChI=1S/C10H9Cl2N3/c1-6-5-15(14-10(6)13)9-3-2-7(11)4-8(9)12/h2-5H,1H3,(H2,13,14). The zero-order valence-corrected chi connectivity index (χ0v) is 9.55. The molecule has 0 spiro atoms. The van der Waals surface area contributed by atoms with Gasteiger partial charge in [0.1, 0.15) is 5.82 Å². The van der Waals surface area contributed by atoms with E-state index in [0.29, 0.717) is 15.9 Å². The van der Waals surface area contributed by atoms with Crippen LogP contribution in [0.4, 0.5) is 5.82 Å². The van der Waals surface area contributed by atoms with Crippen molar-refractivity contribution in [2.75, 3.05) is 5.73 Å². The minimum absolute atomic E-state index is 0.501. The van der Waals surface area contributed by atoms with Gasteiger partial charge in [0, 0.05) is 16.8 Å². The Morgan fingerprint density at radius 3 is 2.60 bits per heavy atom. The van der Waals surface area contributed by atoms with Crippen LogP contribution in [0.15, 0.2) is 24.4 Å². The van der Waals surface area contributed by atoms with Crippen molar-refractivity contribution >= 4 is 29.0 Å². The van der Waals surface area contributed by atoms with E-state index in [2.05, 4.69) is 5.10 Å². The minimum Gasteiger partial charge on any atom is -0.382 e. The lowest BCUT2D eigenvalue weighted by Gasteiger charge is -2.03. The maximum Gasteiger partial charge on any atom is 0.148 e. The van der Waals surface area contributed by atoms with Crippen molar-refractivity contribution in [1.29, 1.82) is 0 Å². The number of aromatic nitrogens is 2. The van der Waals surface area contributed by atoms with Gasteiger partial charge in [-0.05, 0) is 25.1 Å². The molecule has 2 aromatic rings. The van der Waals surface area contributed by atoms with Crippen LogP contribution in [0.1, 0.15) is 5.56 Å². The average Bonchev–Trinajstić information content (AvgIpc) is 2.46. The quantitative estimate of drug-likeness (QED) is 0.835. The van der Waals surface area contributed by atoms with Crippen molar-refractivity contribution in [1.82, 2.24) is 9.78 Å². The lowest BCUT2D eigenvalue weighted by atomic mass is 10.3. The summed E-state index contributed by atoms with van der Waals surface area (Å²) in [6.45, 7) is 1.89. The van der Waals surface area contributed by atoms with Gasteiger partial charge in [-0.2, -0.15) is 5.10 Å². The molecule has 0 fully saturated rings. The first-order valence-electron chi connectivity index (χ1n) is 4.35. The van der Waals surface area contributed by atoms with Gasteiger partial charge in [-0.25, -0.2) is 4.68 Å². The number of nitrogens with two attached hydrogens (primary N) is 1. The predicted molar refractivity (Wildman–Crippen MR) is 62.7 cm³/mol. The van der Waals surface area contributed by atoms with E-state index in [1.807, 2.05) is 13.1 Å². The van der Waals surface area contributed by atoms with Crippen LogP contribution in [-0.4, -0.2) is 9.78 Å². The highest BCUT2D eigenvalue weighted by Gasteiger charge is 2.06. The molecular formula is C10H9Cl2N3. The molecule has 78 valence electrons. The Kier molecular flexibility index (Phi) is 2.59. The molecule has 0 aliphatic carbocycles. The molecule has 0 aliphatic rings. The first-order chi connectivity index (χ1) is 7.08. The van der Waals surface area contributed by atoms with E-state index in [-0.39, 0.29) is 0 Å². The SMILES string of the molecule is Cc1cn(-c2ccc(Cl)cc2Cl)nc1N. The van der Waals surface area contributed by atoms with E-state index < -0.39 is 0 Å². The molecule has 0 atom stereocenters. The van der Waals surface area contributed by atoms with Crippen LogP contribution >= 0.6 is 23.2 Å². The van der Waals surface area contributed by atoms with Crippen molar-refractivity contribution < 1.29 is 0 Å². The van der Waals surface area contributed by atoms with E-state index in [9.17, 15) is 0 Å². The van der Waals surface area contributed by atoms with E-state index in [0.717, 1.165) is 11.3 Å². The molecule has 3 nitrogen and oxygen atoms in total. The third-order valence-corrected chi connectivity index (χ3v) is 2.63. The van der Waals surface area contributed by atoms with E-state index in [4.69, 9.17) is 28.9 Å². The lowest BCUT2D eigenvalue weighted by molar-refractivity contribution is 0.886. The van der Waals surface area contributed by atoms with Crippen molar-refractivity contribution in [2.45, 2.75) is 6.92 Å². The minimum atomic E-state index is 0.501. The fourth-order valence-electron chi connectivity index (χ4n) is 1.26. The van der Waals surface area contributed by atoms with Crippen LogP contribution in [0.5, 0.6) is 0 Å². The number of nitrogen functional groups attached to an aromatic ring is 1. The summed E-state index contributed by atoms with van der Waals surface area (Å²) >= 11 is 11.8. The number of anilines is 1. The predicted octanol–water partition coefficient (Wildman–Crippen LogP) is 3.07. The Morgan fingerprint density at radius 1 is 1.33 bits per heavy atom. The van der Waals surface area contributed by atoms with Gasteiger partial charge in [0.05, 0.1) is 10.7 Å². The Balaban J connectivity index is 2.54. The van der Waals surface area contributed by atoms with Crippen molar-refractivity contribution in [3.63, 3.8) is 0 Å². The Bertz CT molecular complexity index is 486. The zero-order chi connectivity index (χ0) is 11.0. The Labute approximate surface area is 97.4 Å². The van der Waals surface area contributed by atoms with E-state index in [1.165, 1.54) is 0 Å². The van der Waals surface area contributed by atoms with Gasteiger partial charge in [-0.15, -0.1) is 0 Å². The normalized spacial score (nSPS) is 10.6. The number of aryl methyl sites for hydroxylation is 1. The molecule has 0 saturated heterocycles. The maximum absolute atomic E-state index is 6.04. The highest BCUT2D eigenvalue weighted by Crippen LogP contribution is 2.24. The molecule has 1 aromatic carbocycles. The first kappa shape index (κ1) is 10.3. The maximum atomic E-state index is 6.04. The summed E-state index contributed by atoms with van der Waals surface area (Å²) in [4.78, 5) is 0. The molecule has 2 N–H and O–H groups in total. The van der Waals surface area contributed by atoms with Crippen LogP contribution in [-0.2, 0) is 0 Å². The third kappa shape index (κ3) is 1.94. The van der Waals surface area contributed by atoms with Gasteiger partial charge in [-0.3, -0.25) is 0 Å². The summed E-state index contributed by atoms with van der Waals surface area (Å²) in [7, 11) is 0. The smallest absolute Gasteiger partial charge is 0.148 e. The number of hydrogen-bond acceptors (Lipinski definition) is 2. The van der Waals surface area contributed by atoms with Gasteiger partial charge in [-0.1, -0.05) is 23.2 Å². The Hall–Kier alpha value is -1.19. The van der Waals surface area contributed by atoms with E-state index in [1.54, 1.807) is 22.9 Å². The molecular weight excluding hydrogens is 233 g/mol. The number of benzene rings is 1. The Morgan fingerprint density at radius 2 is 2.07 bits per heavy atom. The second-order valence-electron chi connectivity index (χ2n) is 3.24. The van der Waals surface area contributed by atoms with Crippen LogP contribution in [0, 0.1) is 6.92 Å². The number of rotatable bonds is 1. The monoisotopic (exact) mass is 241 g/mol. The molecule has 2 rings (SSSR count). The highest BCUT2D eigenvalue weighted by atomic mass is 35.5. The summed E-state index contributed by atoms with van der Waals surface area (Å²) in [6, 6.07) is 5.23. The summed E-state index contributed by atoms with van der Waals surface area (Å²) in [5.74, 6) is 0.501. The van der Waals surface area contributed by atoms with E-state index >= 15 is 0 Å². The fourth-order valence-corrected chi connectivity index (χ4v) is 1.76. The van der Waals surface area contributed by atoms with Gasteiger partial charge in [0.2, 0.25) is 0 Å². The van der Waals surface area contributed by atoms with Crippen LogP contribution in [0.3, 0.4) is 0 Å². The van der Waals surface area contributed by atoms with Crippen LogP contribution in [0.2, 0.25) is 10.0 Å². The second kappa shape index (κ2) is 3.76. The summed E-state index contributed by atoms with van der Waals surface area (Å²) < 4.78 is 1.64. The summed E-state index contributed by atoms with van der Waals surface area (Å²) in [5.41, 5.74) is 7.34. The van der Waals surface area contributed by atoms with Gasteiger partial charge in [0.15, 0.2) is 0 Å². The van der Waals surface area contributed by atoms with Crippen molar-refractivity contribution in [3.8, 4) is 5.69 Å². The molecule has 0 radical (unpaired) electrons. The number of halogens is 2. The second-order valence-corrected chi connectivity index (χ2v) is 4.08. The van der Waals surface area contributed by atoms with Crippen molar-refractivity contribution in [3.05, 3.63) is 40.0 Å². The van der Waals surface area contributed by atoms with Crippen molar-refractivity contribution in [2.24, 2.45) is 0 Å². The first-order valence-corrected chi connectivity index (χ1v) is 5.10. The molecule has 0 unspecified atom stereocenters. The third-order valence-electron chi connectivity index (χ3n) is 2.09. The molecule has 0 amide bonds. The molecule has 15 heavy (non-hydrogen) atoms. The summed E-state index contributed by atoms with van der Waals surface area (Å²) in [6.07, 6.45) is 1.82. The van der Waals surface area contributed by atoms with Gasteiger partial charge < -0.3 is 5.73 Å². The molecule has 0 bridgehead atoms. The number of hydrogen-bond donors (Lipinski definition) is 1. The molecule has 1 heterocycles. The average molecular weight is 242 g/mol. The molecule has 0 saturated carbocycles. The topological polar surface area (TPSA) is 43.8 Å². The van der Waals surface area contributed by atoms with Crippen LogP contribution in [0.25, 0.3) is 5.69 Å². The highest BCUT2D eigenvalue weighted by molar-refractivity contribution is 6.35. The zero-order valence-electron chi connectivity index (χ0n) is 8.04. The van der Waals surface area contributed by atoms with Gasteiger partial charge >= 0.3 is 0 Å². The molecule has 5 heteroatoms. The number of nitrogens with zero attached hydrogens (tertiary/aromatic N) is 2. The van der Waals surface area contributed by atoms with Gasteiger partial charge in [0.25, 0.3) is 0 Å². The fraction of sp³-hybridized carbons (Fsp3) is 0.100. The molecule has 1 aromatic heterocycles.